The van der Waals surface area contributed by atoms with Crippen molar-refractivity contribution in [2.75, 3.05) is 33.4 Å². The Hall–Kier alpha value is -2.08. The van der Waals surface area contributed by atoms with Crippen LogP contribution >= 0.6 is 0 Å². The molecule has 0 aliphatic carbocycles. The van der Waals surface area contributed by atoms with E-state index >= 15 is 0 Å². The molecule has 10 nitrogen and oxygen atoms in total. The number of hydrogen-bond acceptors (Lipinski definition) is 8. The van der Waals surface area contributed by atoms with Gasteiger partial charge in [-0.05, 0) is 22.6 Å². The van der Waals surface area contributed by atoms with E-state index in [0.29, 0.717) is 50.6 Å². The van der Waals surface area contributed by atoms with Gasteiger partial charge < -0.3 is 14.2 Å². The Morgan fingerprint density at radius 2 is 1.92 bits per heavy atom. The van der Waals surface area contributed by atoms with E-state index in [4.69, 9.17) is 14.2 Å². The van der Waals surface area contributed by atoms with Crippen molar-refractivity contribution in [3.05, 3.63) is 24.5 Å². The van der Waals surface area contributed by atoms with Crippen LogP contribution in [0, 0.1) is 0 Å². The molecule has 2 aliphatic heterocycles. The molecule has 3 heterocycles. The van der Waals surface area contributed by atoms with Gasteiger partial charge in [-0.15, -0.1) is 5.10 Å². The molecule has 2 saturated heterocycles. The Labute approximate surface area is 150 Å². The number of nitrogens with zero attached hydrogens (tertiary/aromatic N) is 5. The second-order valence-corrected chi connectivity index (χ2v) is 8.04. The van der Waals surface area contributed by atoms with E-state index in [1.54, 1.807) is 6.07 Å². The molecule has 1 spiro atoms. The SMILES string of the molecule is COc1cc(S(=O)(=O)N2CCC3(CC2)OCCO3)ccc1-n1cnnn1. The fourth-order valence-electron chi connectivity index (χ4n) is 3.28. The summed E-state index contributed by atoms with van der Waals surface area (Å²) in [5, 5.41) is 11.0. The highest BCUT2D eigenvalue weighted by Crippen LogP contribution is 2.34. The average molecular weight is 381 g/mol. The maximum Gasteiger partial charge on any atom is 0.243 e. The first-order valence-corrected chi connectivity index (χ1v) is 9.68. The van der Waals surface area contributed by atoms with E-state index in [9.17, 15) is 8.42 Å². The van der Waals surface area contributed by atoms with Crippen LogP contribution < -0.4 is 4.74 Å². The van der Waals surface area contributed by atoms with Gasteiger partial charge in [0.05, 0.1) is 25.2 Å². The maximum atomic E-state index is 13.0. The van der Waals surface area contributed by atoms with Gasteiger partial charge in [0, 0.05) is 32.0 Å². The van der Waals surface area contributed by atoms with Crippen molar-refractivity contribution >= 4 is 10.0 Å². The third-order valence-corrected chi connectivity index (χ3v) is 6.58. The Bertz CT molecular complexity index is 870. The molecule has 0 bridgehead atoms. The molecule has 4 rings (SSSR count). The van der Waals surface area contributed by atoms with E-state index in [1.807, 2.05) is 0 Å². The lowest BCUT2D eigenvalue weighted by molar-refractivity contribution is -0.179. The highest BCUT2D eigenvalue weighted by molar-refractivity contribution is 7.89. The lowest BCUT2D eigenvalue weighted by Gasteiger charge is -2.36. The predicted octanol–water partition coefficient (Wildman–Crippen LogP) is 0.198. The maximum absolute atomic E-state index is 13.0. The van der Waals surface area contributed by atoms with Crippen LogP contribution in [0.25, 0.3) is 5.69 Å². The van der Waals surface area contributed by atoms with E-state index < -0.39 is 15.8 Å². The van der Waals surface area contributed by atoms with Crippen LogP contribution in [0.3, 0.4) is 0 Å². The van der Waals surface area contributed by atoms with Crippen LogP contribution in [0.4, 0.5) is 0 Å². The molecule has 0 saturated carbocycles. The zero-order valence-corrected chi connectivity index (χ0v) is 15.1. The lowest BCUT2D eigenvalue weighted by atomic mass is 10.1. The van der Waals surface area contributed by atoms with Gasteiger partial charge in [0.2, 0.25) is 10.0 Å². The van der Waals surface area contributed by atoms with Crippen molar-refractivity contribution in [1.29, 1.82) is 0 Å². The highest BCUT2D eigenvalue weighted by atomic mass is 32.2. The summed E-state index contributed by atoms with van der Waals surface area (Å²) in [6, 6.07) is 4.64. The minimum Gasteiger partial charge on any atom is -0.494 e. The Morgan fingerprint density at radius 1 is 1.19 bits per heavy atom. The largest absolute Gasteiger partial charge is 0.494 e. The zero-order chi connectivity index (χ0) is 18.2. The number of piperidine rings is 1. The smallest absolute Gasteiger partial charge is 0.243 e. The second kappa shape index (κ2) is 6.58. The molecular weight excluding hydrogens is 362 g/mol. The topological polar surface area (TPSA) is 109 Å². The number of benzene rings is 1. The summed E-state index contributed by atoms with van der Waals surface area (Å²) in [5.74, 6) is -0.248. The molecule has 0 unspecified atom stereocenters. The molecule has 2 fully saturated rings. The van der Waals surface area contributed by atoms with Crippen LogP contribution in [0.2, 0.25) is 0 Å². The first-order chi connectivity index (χ1) is 12.5. The minimum absolute atomic E-state index is 0.162. The first kappa shape index (κ1) is 17.3. The molecule has 0 amide bonds. The van der Waals surface area contributed by atoms with Crippen molar-refractivity contribution in [3.8, 4) is 11.4 Å². The van der Waals surface area contributed by atoms with Gasteiger partial charge in [0.15, 0.2) is 5.79 Å². The standard InChI is InChI=1S/C15H19N5O5S/c1-23-14-10-12(2-3-13(14)20-11-16-17-18-20)26(21,22)19-6-4-15(5-7-19)24-8-9-25-15/h2-3,10-11H,4-9H2,1H3. The van der Waals surface area contributed by atoms with Crippen molar-refractivity contribution in [2.24, 2.45) is 0 Å². The molecule has 0 atom stereocenters. The summed E-state index contributed by atoms with van der Waals surface area (Å²) in [6.07, 6.45) is 2.45. The van der Waals surface area contributed by atoms with Gasteiger partial charge in [-0.2, -0.15) is 8.99 Å². The third-order valence-electron chi connectivity index (χ3n) is 4.68. The van der Waals surface area contributed by atoms with Gasteiger partial charge >= 0.3 is 0 Å². The van der Waals surface area contributed by atoms with Gasteiger partial charge in [0.25, 0.3) is 0 Å². The number of sulfonamides is 1. The highest BCUT2D eigenvalue weighted by Gasteiger charge is 2.42. The summed E-state index contributed by atoms with van der Waals surface area (Å²) in [5.41, 5.74) is 0.557. The van der Waals surface area contributed by atoms with Crippen molar-refractivity contribution in [3.63, 3.8) is 0 Å². The van der Waals surface area contributed by atoms with Gasteiger partial charge in [0.1, 0.15) is 17.8 Å². The fourth-order valence-corrected chi connectivity index (χ4v) is 4.74. The van der Waals surface area contributed by atoms with Gasteiger partial charge in [-0.3, -0.25) is 0 Å². The summed E-state index contributed by atoms with van der Waals surface area (Å²) in [7, 11) is -2.17. The minimum atomic E-state index is -3.65. The number of tetrazole rings is 1. The Kier molecular flexibility index (Phi) is 4.39. The quantitative estimate of drug-likeness (QED) is 0.739. The normalized spacial score (nSPS) is 20.5. The zero-order valence-electron chi connectivity index (χ0n) is 14.2. The van der Waals surface area contributed by atoms with E-state index in [0.717, 1.165) is 0 Å². The molecule has 11 heteroatoms. The number of hydrogen-bond donors (Lipinski definition) is 0. The van der Waals surface area contributed by atoms with Crippen LogP contribution in [-0.4, -0.2) is 72.1 Å². The summed E-state index contributed by atoms with van der Waals surface area (Å²) in [4.78, 5) is 0.162. The molecule has 0 radical (unpaired) electrons. The number of methoxy groups -OCH3 is 1. The molecular formula is C15H19N5O5S. The van der Waals surface area contributed by atoms with Crippen LogP contribution in [0.5, 0.6) is 5.75 Å². The third kappa shape index (κ3) is 2.96. The lowest BCUT2D eigenvalue weighted by Crippen LogP contribution is -2.47. The number of rotatable bonds is 4. The molecule has 2 aromatic rings. The Balaban J connectivity index is 1.58. The summed E-state index contributed by atoms with van der Waals surface area (Å²) < 4.78 is 45.5. The van der Waals surface area contributed by atoms with Crippen LogP contribution in [-0.2, 0) is 19.5 Å². The monoisotopic (exact) mass is 381 g/mol. The summed E-state index contributed by atoms with van der Waals surface area (Å²) in [6.45, 7) is 1.81. The second-order valence-electron chi connectivity index (χ2n) is 6.10. The molecule has 2 aliphatic rings. The predicted molar refractivity (Wildman–Crippen MR) is 88.3 cm³/mol. The van der Waals surface area contributed by atoms with Crippen LogP contribution in [0.1, 0.15) is 12.8 Å². The van der Waals surface area contributed by atoms with E-state index in [-0.39, 0.29) is 4.90 Å². The molecule has 0 N–H and O–H groups in total. The number of aromatic nitrogens is 4. The first-order valence-electron chi connectivity index (χ1n) is 8.24. The molecule has 140 valence electrons. The Morgan fingerprint density at radius 3 is 2.54 bits per heavy atom. The van der Waals surface area contributed by atoms with E-state index in [2.05, 4.69) is 15.5 Å². The van der Waals surface area contributed by atoms with Crippen LogP contribution in [0.15, 0.2) is 29.4 Å². The van der Waals surface area contributed by atoms with E-state index in [1.165, 1.54) is 34.6 Å². The molecule has 1 aromatic heterocycles. The summed E-state index contributed by atoms with van der Waals surface area (Å²) >= 11 is 0. The molecule has 26 heavy (non-hydrogen) atoms. The number of ether oxygens (including phenoxy) is 3. The van der Waals surface area contributed by atoms with Gasteiger partial charge in [-0.1, -0.05) is 0 Å². The molecule has 1 aromatic carbocycles. The van der Waals surface area contributed by atoms with Crippen molar-refractivity contribution < 1.29 is 22.6 Å². The van der Waals surface area contributed by atoms with Gasteiger partial charge in [-0.25, -0.2) is 8.42 Å². The average Bonchev–Trinajstić information content (AvgIpc) is 3.34. The van der Waals surface area contributed by atoms with Crippen molar-refractivity contribution in [2.45, 2.75) is 23.5 Å². The fraction of sp³-hybridized carbons (Fsp3) is 0.533. The van der Waals surface area contributed by atoms with Crippen molar-refractivity contribution in [1.82, 2.24) is 24.5 Å².